The molecule has 1 N–H and O–H groups in total. The van der Waals surface area contributed by atoms with Crippen molar-refractivity contribution in [3.05, 3.63) is 65.0 Å². The van der Waals surface area contributed by atoms with Gasteiger partial charge in [-0.2, -0.15) is 18.2 Å². The number of anilines is 1. The van der Waals surface area contributed by atoms with Gasteiger partial charge < -0.3 is 14.7 Å². The highest BCUT2D eigenvalue weighted by Gasteiger charge is 2.31. The number of hydrogen-bond acceptors (Lipinski definition) is 4. The minimum absolute atomic E-state index is 0.00570. The predicted octanol–water partition coefficient (Wildman–Crippen LogP) is 5.82. The van der Waals surface area contributed by atoms with E-state index in [-0.39, 0.29) is 11.6 Å². The SMILES string of the molecule is O=C(Nc1cccc(C(F)(F)F)c1)N1CCC(c2nc(-c3ccc(Cl)cc3)no2)CC1. The van der Waals surface area contributed by atoms with Crippen LogP contribution in [0.4, 0.5) is 23.7 Å². The molecule has 2 heterocycles. The van der Waals surface area contributed by atoms with Crippen molar-refractivity contribution in [1.29, 1.82) is 0 Å². The van der Waals surface area contributed by atoms with Gasteiger partial charge in [-0.05, 0) is 55.3 Å². The zero-order valence-corrected chi connectivity index (χ0v) is 17.0. The Hall–Kier alpha value is -3.07. The lowest BCUT2D eigenvalue weighted by Crippen LogP contribution is -2.40. The number of carbonyl (C=O) groups excluding carboxylic acids is 1. The van der Waals surface area contributed by atoms with E-state index in [9.17, 15) is 18.0 Å². The van der Waals surface area contributed by atoms with Crippen LogP contribution in [0.15, 0.2) is 53.1 Å². The second-order valence-electron chi connectivity index (χ2n) is 7.23. The van der Waals surface area contributed by atoms with Crippen molar-refractivity contribution < 1.29 is 22.5 Å². The van der Waals surface area contributed by atoms with Crippen LogP contribution in [0.5, 0.6) is 0 Å². The summed E-state index contributed by atoms with van der Waals surface area (Å²) in [5.41, 5.74) is 0.0839. The first kappa shape index (κ1) is 21.2. The molecule has 1 fully saturated rings. The summed E-state index contributed by atoms with van der Waals surface area (Å²) in [6.07, 6.45) is -3.25. The van der Waals surface area contributed by atoms with Gasteiger partial charge in [0.05, 0.1) is 5.56 Å². The third-order valence-corrected chi connectivity index (χ3v) is 5.37. The molecule has 6 nitrogen and oxygen atoms in total. The van der Waals surface area contributed by atoms with E-state index in [2.05, 4.69) is 15.5 Å². The number of likely N-dealkylation sites (tertiary alicyclic amines) is 1. The van der Waals surface area contributed by atoms with E-state index >= 15 is 0 Å². The van der Waals surface area contributed by atoms with Gasteiger partial charge in [-0.15, -0.1) is 0 Å². The summed E-state index contributed by atoms with van der Waals surface area (Å²) in [5.74, 6) is 0.977. The number of alkyl halides is 3. The van der Waals surface area contributed by atoms with Crippen molar-refractivity contribution in [2.45, 2.75) is 24.9 Å². The Morgan fingerprint density at radius 1 is 1.13 bits per heavy atom. The molecule has 0 aliphatic carbocycles. The highest BCUT2D eigenvalue weighted by atomic mass is 35.5. The van der Waals surface area contributed by atoms with Crippen LogP contribution in [0.1, 0.15) is 30.2 Å². The van der Waals surface area contributed by atoms with Crippen molar-refractivity contribution in [2.75, 3.05) is 18.4 Å². The maximum absolute atomic E-state index is 12.8. The lowest BCUT2D eigenvalue weighted by Gasteiger charge is -2.30. The summed E-state index contributed by atoms with van der Waals surface area (Å²) >= 11 is 5.89. The van der Waals surface area contributed by atoms with Gasteiger partial charge in [0.25, 0.3) is 0 Å². The summed E-state index contributed by atoms with van der Waals surface area (Å²) in [4.78, 5) is 18.5. The first-order valence-electron chi connectivity index (χ1n) is 9.62. The summed E-state index contributed by atoms with van der Waals surface area (Å²) in [6, 6.07) is 11.2. The standard InChI is InChI=1S/C21H18ClF3N4O2/c22-16-6-4-13(5-7-16)18-27-19(31-28-18)14-8-10-29(11-9-14)20(30)26-17-3-1-2-15(12-17)21(23,24)25/h1-7,12,14H,8-11H2,(H,26,30). The Morgan fingerprint density at radius 2 is 1.84 bits per heavy atom. The minimum atomic E-state index is -4.46. The second kappa shape index (κ2) is 8.58. The highest BCUT2D eigenvalue weighted by Crippen LogP contribution is 2.32. The number of nitrogens with zero attached hydrogens (tertiary/aromatic N) is 3. The zero-order chi connectivity index (χ0) is 22.0. The molecule has 0 atom stereocenters. The van der Waals surface area contributed by atoms with Gasteiger partial charge in [-0.3, -0.25) is 0 Å². The molecule has 3 aromatic rings. The average Bonchev–Trinajstić information content (AvgIpc) is 3.24. The van der Waals surface area contributed by atoms with Crippen molar-refractivity contribution in [2.24, 2.45) is 0 Å². The highest BCUT2D eigenvalue weighted by molar-refractivity contribution is 6.30. The first-order valence-corrected chi connectivity index (χ1v) is 10.00. The Labute approximate surface area is 181 Å². The monoisotopic (exact) mass is 450 g/mol. The fourth-order valence-corrected chi connectivity index (χ4v) is 3.55. The summed E-state index contributed by atoms with van der Waals surface area (Å²) in [5, 5.41) is 7.16. The fourth-order valence-electron chi connectivity index (χ4n) is 3.42. The molecule has 1 aliphatic rings. The molecule has 0 radical (unpaired) electrons. The van der Waals surface area contributed by atoms with Crippen molar-refractivity contribution >= 4 is 23.3 Å². The predicted molar refractivity (Wildman–Crippen MR) is 109 cm³/mol. The molecule has 162 valence electrons. The van der Waals surface area contributed by atoms with Gasteiger partial charge in [-0.1, -0.05) is 22.8 Å². The minimum Gasteiger partial charge on any atom is -0.339 e. The smallest absolute Gasteiger partial charge is 0.339 e. The number of carbonyl (C=O) groups is 1. The van der Waals surface area contributed by atoms with Gasteiger partial charge in [0.15, 0.2) is 0 Å². The summed E-state index contributed by atoms with van der Waals surface area (Å²) in [6.45, 7) is 0.849. The molecule has 0 saturated carbocycles. The number of hydrogen-bond donors (Lipinski definition) is 1. The third kappa shape index (κ3) is 4.99. The van der Waals surface area contributed by atoms with Gasteiger partial charge in [0, 0.05) is 35.3 Å². The van der Waals surface area contributed by atoms with Gasteiger partial charge in [0.1, 0.15) is 0 Å². The van der Waals surface area contributed by atoms with Gasteiger partial charge >= 0.3 is 12.2 Å². The Balaban J connectivity index is 1.35. The maximum atomic E-state index is 12.8. The molecular formula is C21H18ClF3N4O2. The van der Waals surface area contributed by atoms with E-state index < -0.39 is 17.8 Å². The summed E-state index contributed by atoms with van der Waals surface area (Å²) < 4.78 is 43.9. The molecule has 1 aromatic heterocycles. The number of halogens is 4. The molecule has 0 spiro atoms. The quantitative estimate of drug-likeness (QED) is 0.545. The normalized spacial score (nSPS) is 15.2. The van der Waals surface area contributed by atoms with Crippen molar-refractivity contribution in [3.63, 3.8) is 0 Å². The topological polar surface area (TPSA) is 71.3 Å². The lowest BCUT2D eigenvalue weighted by atomic mass is 9.97. The molecule has 1 saturated heterocycles. The van der Waals surface area contributed by atoms with Crippen LogP contribution >= 0.6 is 11.6 Å². The van der Waals surface area contributed by atoms with Crippen LogP contribution in [-0.2, 0) is 6.18 Å². The Morgan fingerprint density at radius 3 is 2.52 bits per heavy atom. The summed E-state index contributed by atoms with van der Waals surface area (Å²) in [7, 11) is 0. The molecular weight excluding hydrogens is 433 g/mol. The molecule has 1 aliphatic heterocycles. The Kier molecular flexibility index (Phi) is 5.86. The van der Waals surface area contributed by atoms with Gasteiger partial charge in [0.2, 0.25) is 11.7 Å². The molecule has 10 heteroatoms. The second-order valence-corrected chi connectivity index (χ2v) is 7.67. The average molecular weight is 451 g/mol. The molecule has 0 unspecified atom stereocenters. The number of benzene rings is 2. The number of urea groups is 1. The van der Waals surface area contributed by atoms with Crippen LogP contribution < -0.4 is 5.32 Å². The van der Waals surface area contributed by atoms with E-state index in [1.54, 1.807) is 29.2 Å². The lowest BCUT2D eigenvalue weighted by molar-refractivity contribution is -0.137. The van der Waals surface area contributed by atoms with Crippen LogP contribution in [0, 0.1) is 0 Å². The molecule has 31 heavy (non-hydrogen) atoms. The van der Waals surface area contributed by atoms with Gasteiger partial charge in [-0.25, -0.2) is 4.79 Å². The molecule has 2 amide bonds. The first-order chi connectivity index (χ1) is 14.8. The molecule has 4 rings (SSSR count). The van der Waals surface area contributed by atoms with Crippen LogP contribution in [-0.4, -0.2) is 34.2 Å². The van der Waals surface area contributed by atoms with E-state index in [0.29, 0.717) is 42.7 Å². The van der Waals surface area contributed by atoms with Crippen molar-refractivity contribution in [1.82, 2.24) is 15.0 Å². The number of rotatable bonds is 3. The Bertz CT molecular complexity index is 1060. The van der Waals surface area contributed by atoms with E-state index in [1.165, 1.54) is 12.1 Å². The zero-order valence-electron chi connectivity index (χ0n) is 16.2. The third-order valence-electron chi connectivity index (χ3n) is 5.12. The largest absolute Gasteiger partial charge is 0.416 e. The number of nitrogens with one attached hydrogen (secondary N) is 1. The number of aromatic nitrogens is 2. The number of piperidine rings is 1. The van der Waals surface area contributed by atoms with E-state index in [1.807, 2.05) is 0 Å². The van der Waals surface area contributed by atoms with Crippen LogP contribution in [0.25, 0.3) is 11.4 Å². The van der Waals surface area contributed by atoms with E-state index in [4.69, 9.17) is 16.1 Å². The molecule has 2 aromatic carbocycles. The molecule has 0 bridgehead atoms. The fraction of sp³-hybridized carbons (Fsp3) is 0.286. The van der Waals surface area contributed by atoms with Crippen molar-refractivity contribution in [3.8, 4) is 11.4 Å². The van der Waals surface area contributed by atoms with Crippen LogP contribution in [0.3, 0.4) is 0 Å². The van der Waals surface area contributed by atoms with E-state index in [0.717, 1.165) is 17.7 Å². The maximum Gasteiger partial charge on any atom is 0.416 e. The van der Waals surface area contributed by atoms with Crippen LogP contribution in [0.2, 0.25) is 5.02 Å². The number of amides is 2.